The second-order valence-corrected chi connectivity index (χ2v) is 11.1. The minimum absolute atomic E-state index is 0.0591. The Morgan fingerprint density at radius 1 is 1.25 bits per heavy atom. The van der Waals surface area contributed by atoms with E-state index in [-0.39, 0.29) is 51.9 Å². The maximum atomic E-state index is 14.1. The summed E-state index contributed by atoms with van der Waals surface area (Å²) in [6.07, 6.45) is 2.52. The highest BCUT2D eigenvalue weighted by molar-refractivity contribution is 7.92. The number of hydrogen-bond donors (Lipinski definition) is 3. The van der Waals surface area contributed by atoms with Crippen molar-refractivity contribution in [2.45, 2.75) is 49.6 Å². The highest BCUT2D eigenvalue weighted by atomic mass is 32.2. The number of amides is 1. The van der Waals surface area contributed by atoms with Crippen LogP contribution in [0.2, 0.25) is 0 Å². The van der Waals surface area contributed by atoms with E-state index in [2.05, 4.69) is 10.0 Å². The number of aromatic carboxylic acids is 1. The van der Waals surface area contributed by atoms with E-state index in [1.54, 1.807) is 6.07 Å². The van der Waals surface area contributed by atoms with Crippen LogP contribution >= 0.6 is 0 Å². The van der Waals surface area contributed by atoms with Crippen LogP contribution in [-0.2, 0) is 21.4 Å². The number of fused-ring (bicyclic) bond motifs is 3. The Hall–Kier alpha value is -3.18. The molecule has 5 rings (SSSR count). The second kappa shape index (κ2) is 9.36. The lowest BCUT2D eigenvalue weighted by atomic mass is 10.0. The molecule has 0 bridgehead atoms. The van der Waals surface area contributed by atoms with Crippen LogP contribution in [0.1, 0.15) is 53.6 Å². The molecule has 2 aromatic carbocycles. The van der Waals surface area contributed by atoms with Crippen molar-refractivity contribution in [1.82, 2.24) is 10.2 Å². The maximum absolute atomic E-state index is 14.1. The number of nitrogens with one attached hydrogen (secondary N) is 2. The molecular weight excluding hydrogens is 489 g/mol. The predicted octanol–water partition coefficient (Wildman–Crippen LogP) is 2.92. The number of ether oxygens (including phenoxy) is 1. The van der Waals surface area contributed by atoms with E-state index < -0.39 is 21.8 Å². The third-order valence-electron chi connectivity index (χ3n) is 7.25. The third-order valence-corrected chi connectivity index (χ3v) is 8.71. The molecule has 2 aromatic rings. The molecule has 3 atom stereocenters. The molecule has 2 aliphatic heterocycles. The molecule has 9 nitrogen and oxygen atoms in total. The molecule has 0 unspecified atom stereocenters. The van der Waals surface area contributed by atoms with E-state index in [0.29, 0.717) is 18.9 Å². The highest BCUT2D eigenvalue weighted by Crippen LogP contribution is 2.55. The van der Waals surface area contributed by atoms with Crippen molar-refractivity contribution < 1.29 is 32.2 Å². The molecule has 11 heteroatoms. The lowest BCUT2D eigenvalue weighted by Crippen LogP contribution is -2.43. The first-order chi connectivity index (χ1) is 17.2. The van der Waals surface area contributed by atoms with Gasteiger partial charge in [0.05, 0.1) is 23.2 Å². The number of nitrogens with zero attached hydrogens (tertiary/aromatic N) is 1. The quantitative estimate of drug-likeness (QED) is 0.492. The molecular formula is C25H28FN3O6S. The number of rotatable bonds is 8. The molecule has 1 aliphatic carbocycles. The van der Waals surface area contributed by atoms with Gasteiger partial charge in [-0.25, -0.2) is 17.6 Å². The van der Waals surface area contributed by atoms with Crippen molar-refractivity contribution in [1.29, 1.82) is 0 Å². The summed E-state index contributed by atoms with van der Waals surface area (Å²) in [5, 5.41) is 12.6. The van der Waals surface area contributed by atoms with Gasteiger partial charge in [-0.3, -0.25) is 14.4 Å². The first kappa shape index (κ1) is 24.5. The van der Waals surface area contributed by atoms with E-state index in [0.717, 1.165) is 49.7 Å². The Bertz CT molecular complexity index is 1330. The Morgan fingerprint density at radius 2 is 2.06 bits per heavy atom. The van der Waals surface area contributed by atoms with Gasteiger partial charge in [-0.15, -0.1) is 0 Å². The average Bonchev–Trinajstić information content (AvgIpc) is 3.48. The van der Waals surface area contributed by atoms with Gasteiger partial charge in [-0.1, -0.05) is 13.0 Å². The van der Waals surface area contributed by atoms with Crippen molar-refractivity contribution >= 4 is 27.6 Å². The SMILES string of the molecule is CCN1CCC[C@@H]1C(=O)NCc1cc(F)ccc1S(=O)(=O)Nc1ccc2c(c1C(=O)O)OC[C@H]1C[C@@H]21. The summed E-state index contributed by atoms with van der Waals surface area (Å²) in [7, 11) is -4.33. The van der Waals surface area contributed by atoms with Gasteiger partial charge < -0.3 is 15.2 Å². The van der Waals surface area contributed by atoms with Crippen LogP contribution in [0, 0.1) is 11.7 Å². The Labute approximate surface area is 208 Å². The molecule has 0 spiro atoms. The lowest BCUT2D eigenvalue weighted by molar-refractivity contribution is -0.125. The lowest BCUT2D eigenvalue weighted by Gasteiger charge is -2.22. The summed E-state index contributed by atoms with van der Waals surface area (Å²) in [5.41, 5.74) is 0.442. The first-order valence-electron chi connectivity index (χ1n) is 12.1. The molecule has 1 amide bonds. The molecule has 1 saturated heterocycles. The largest absolute Gasteiger partial charge is 0.492 e. The number of hydrogen-bond acceptors (Lipinski definition) is 6. The third kappa shape index (κ3) is 4.53. The van der Waals surface area contributed by atoms with Crippen molar-refractivity contribution in [2.24, 2.45) is 5.92 Å². The minimum atomic E-state index is -4.33. The van der Waals surface area contributed by atoms with Gasteiger partial charge in [-0.2, -0.15) is 0 Å². The van der Waals surface area contributed by atoms with Gasteiger partial charge in [0.1, 0.15) is 17.1 Å². The minimum Gasteiger partial charge on any atom is -0.492 e. The van der Waals surface area contributed by atoms with Crippen LogP contribution < -0.4 is 14.8 Å². The van der Waals surface area contributed by atoms with E-state index in [1.807, 2.05) is 11.8 Å². The van der Waals surface area contributed by atoms with Gasteiger partial charge in [-0.05, 0) is 73.7 Å². The number of halogens is 1. The monoisotopic (exact) mass is 517 g/mol. The second-order valence-electron chi connectivity index (χ2n) is 9.49. The zero-order valence-electron chi connectivity index (χ0n) is 19.8. The molecule has 192 valence electrons. The molecule has 0 aromatic heterocycles. The highest BCUT2D eigenvalue weighted by Gasteiger charge is 2.45. The Kier molecular flexibility index (Phi) is 6.37. The van der Waals surface area contributed by atoms with Crippen molar-refractivity contribution in [3.05, 3.63) is 52.8 Å². The summed E-state index contributed by atoms with van der Waals surface area (Å²) in [6.45, 7) is 3.71. The van der Waals surface area contributed by atoms with Crippen LogP contribution in [0.3, 0.4) is 0 Å². The van der Waals surface area contributed by atoms with Gasteiger partial charge in [0, 0.05) is 12.5 Å². The molecule has 2 fully saturated rings. The van der Waals surface area contributed by atoms with Crippen LogP contribution in [-0.4, -0.2) is 56.0 Å². The maximum Gasteiger partial charge on any atom is 0.341 e. The van der Waals surface area contributed by atoms with E-state index in [9.17, 15) is 27.5 Å². The molecule has 3 aliphatic rings. The van der Waals surface area contributed by atoms with Crippen molar-refractivity contribution in [2.75, 3.05) is 24.4 Å². The average molecular weight is 518 g/mol. The molecule has 0 radical (unpaired) electrons. The summed E-state index contributed by atoms with van der Waals surface area (Å²) >= 11 is 0. The van der Waals surface area contributed by atoms with Crippen molar-refractivity contribution in [3.63, 3.8) is 0 Å². The van der Waals surface area contributed by atoms with Crippen LogP contribution in [0.15, 0.2) is 35.2 Å². The number of likely N-dealkylation sites (tertiary alicyclic amines) is 1. The van der Waals surface area contributed by atoms with E-state index in [4.69, 9.17) is 4.74 Å². The predicted molar refractivity (Wildman–Crippen MR) is 129 cm³/mol. The normalized spacial score (nSPS) is 22.8. The van der Waals surface area contributed by atoms with Gasteiger partial charge in [0.25, 0.3) is 10.0 Å². The number of sulfonamides is 1. The molecule has 2 heterocycles. The smallest absolute Gasteiger partial charge is 0.341 e. The number of likely N-dealkylation sites (N-methyl/N-ethyl adjacent to an activating group) is 1. The number of benzene rings is 2. The summed E-state index contributed by atoms with van der Waals surface area (Å²) in [4.78, 5) is 26.6. The number of carboxylic acid groups (broad SMARTS) is 1. The van der Waals surface area contributed by atoms with Gasteiger partial charge >= 0.3 is 5.97 Å². The first-order valence-corrected chi connectivity index (χ1v) is 13.5. The summed E-state index contributed by atoms with van der Waals surface area (Å²) in [6, 6.07) is 5.99. The fourth-order valence-corrected chi connectivity index (χ4v) is 6.59. The van der Waals surface area contributed by atoms with Gasteiger partial charge in [0.15, 0.2) is 0 Å². The van der Waals surface area contributed by atoms with Crippen LogP contribution in [0.4, 0.5) is 10.1 Å². The number of carboxylic acids is 1. The number of carbonyl (C=O) groups is 2. The number of carbonyl (C=O) groups excluding carboxylic acids is 1. The topological polar surface area (TPSA) is 125 Å². The Morgan fingerprint density at radius 3 is 2.81 bits per heavy atom. The van der Waals surface area contributed by atoms with Crippen LogP contribution in [0.5, 0.6) is 5.75 Å². The zero-order valence-corrected chi connectivity index (χ0v) is 20.6. The Balaban J connectivity index is 1.41. The van der Waals surface area contributed by atoms with Gasteiger partial charge in [0.2, 0.25) is 5.91 Å². The zero-order chi connectivity index (χ0) is 25.6. The summed E-state index contributed by atoms with van der Waals surface area (Å²) in [5.74, 6) is -1.42. The molecule has 36 heavy (non-hydrogen) atoms. The standard InChI is InChI=1S/C25H28FN3O6S/c1-2-29-9-3-4-20(29)24(30)27-12-14-10-16(26)5-8-21(14)36(33,34)28-19-7-6-17-18-11-15(18)13-35-23(17)22(19)25(31)32/h5-8,10,15,18,20,28H,2-4,9,11-13H2,1H3,(H,27,30)(H,31,32)/t15-,18-,20-/m1/s1. The fraction of sp³-hybridized carbons (Fsp3) is 0.440. The summed E-state index contributed by atoms with van der Waals surface area (Å²) < 4.78 is 48.8. The molecule has 1 saturated carbocycles. The molecule has 3 N–H and O–H groups in total. The number of anilines is 1. The van der Waals surface area contributed by atoms with E-state index in [1.165, 1.54) is 6.07 Å². The van der Waals surface area contributed by atoms with E-state index >= 15 is 0 Å². The fourth-order valence-electron chi connectivity index (χ4n) is 5.30. The van der Waals surface area contributed by atoms with Crippen molar-refractivity contribution in [3.8, 4) is 5.75 Å². The van der Waals surface area contributed by atoms with Crippen LogP contribution in [0.25, 0.3) is 0 Å².